The lowest BCUT2D eigenvalue weighted by Gasteiger charge is -2.26. The number of benzene rings is 3. The molecule has 0 unspecified atom stereocenters. The molecule has 0 aliphatic carbocycles. The van der Waals surface area contributed by atoms with E-state index in [0.29, 0.717) is 40.4 Å². The van der Waals surface area contributed by atoms with E-state index in [1.807, 2.05) is 13.0 Å². The Morgan fingerprint density at radius 1 is 0.944 bits per heavy atom. The van der Waals surface area contributed by atoms with Gasteiger partial charge in [0.25, 0.3) is 11.8 Å². The number of nitrogens with one attached hydrogen (secondary N) is 1. The first-order chi connectivity index (χ1) is 17.3. The molecule has 4 rings (SSSR count). The highest BCUT2D eigenvalue weighted by Gasteiger charge is 2.36. The van der Waals surface area contributed by atoms with Crippen LogP contribution in [0, 0.1) is 13.8 Å². The highest BCUT2D eigenvalue weighted by atomic mass is 79.9. The average Bonchev–Trinajstić information content (AvgIpc) is 2.84. The fourth-order valence-electron chi connectivity index (χ4n) is 3.76. The number of rotatable bonds is 7. The predicted octanol–water partition coefficient (Wildman–Crippen LogP) is 5.71. The molecule has 0 radical (unpaired) electrons. The number of para-hydroxylation sites is 1. The molecule has 184 valence electrons. The first-order valence-electron chi connectivity index (χ1n) is 11.4. The molecule has 1 aliphatic heterocycles. The van der Waals surface area contributed by atoms with Crippen molar-refractivity contribution in [3.8, 4) is 11.5 Å². The van der Waals surface area contributed by atoms with Gasteiger partial charge in [0.2, 0.25) is 0 Å². The number of aryl methyl sites for hydroxylation is 2. The molecule has 0 saturated carbocycles. The van der Waals surface area contributed by atoms with Crippen LogP contribution < -0.4 is 19.7 Å². The van der Waals surface area contributed by atoms with Gasteiger partial charge in [-0.25, -0.2) is 9.69 Å². The fraction of sp³-hybridized carbons (Fsp3) is 0.179. The average molecular weight is 549 g/mol. The number of barbiturate groups is 1. The molecular formula is C28H25BrN2O5. The maximum Gasteiger partial charge on any atom is 0.335 e. The quantitative estimate of drug-likeness (QED) is 0.302. The number of hydrogen-bond donors (Lipinski definition) is 1. The number of anilines is 1. The van der Waals surface area contributed by atoms with Crippen LogP contribution in [0.25, 0.3) is 6.08 Å². The molecule has 7 nitrogen and oxygen atoms in total. The Morgan fingerprint density at radius 2 is 1.69 bits per heavy atom. The van der Waals surface area contributed by atoms with Crippen LogP contribution in [-0.2, 0) is 16.2 Å². The lowest BCUT2D eigenvalue weighted by atomic mass is 10.1. The topological polar surface area (TPSA) is 84.9 Å². The summed E-state index contributed by atoms with van der Waals surface area (Å²) in [5.74, 6) is -0.500. The van der Waals surface area contributed by atoms with Crippen molar-refractivity contribution in [2.24, 2.45) is 0 Å². The van der Waals surface area contributed by atoms with Gasteiger partial charge >= 0.3 is 6.03 Å². The standard InChI is InChI=1S/C28H25BrN2O5/c1-4-35-24-15-20(14-23(29)25(24)36-16-19-11-10-17(2)18(3)12-19)13-22-26(32)30-28(34)31(27(22)33)21-8-6-5-7-9-21/h5-15H,4,16H2,1-3H3,(H,30,32,34)/b22-13+. The first-order valence-corrected chi connectivity index (χ1v) is 12.2. The molecule has 0 spiro atoms. The monoisotopic (exact) mass is 548 g/mol. The van der Waals surface area contributed by atoms with Gasteiger partial charge in [0.15, 0.2) is 11.5 Å². The van der Waals surface area contributed by atoms with Crippen LogP contribution in [-0.4, -0.2) is 24.5 Å². The van der Waals surface area contributed by atoms with Crippen LogP contribution in [0.2, 0.25) is 0 Å². The first kappa shape index (κ1) is 25.2. The lowest BCUT2D eigenvalue weighted by Crippen LogP contribution is -2.54. The molecule has 4 amide bonds. The number of carbonyl (C=O) groups excluding carboxylic acids is 3. The second-order valence-corrected chi connectivity index (χ2v) is 9.12. The predicted molar refractivity (Wildman–Crippen MR) is 141 cm³/mol. The summed E-state index contributed by atoms with van der Waals surface area (Å²) in [4.78, 5) is 39.0. The minimum absolute atomic E-state index is 0.170. The van der Waals surface area contributed by atoms with Crippen LogP contribution in [0.3, 0.4) is 0 Å². The molecule has 0 atom stereocenters. The van der Waals surface area contributed by atoms with Crippen LogP contribution in [0.1, 0.15) is 29.2 Å². The highest BCUT2D eigenvalue weighted by molar-refractivity contribution is 9.10. The third kappa shape index (κ3) is 5.33. The van der Waals surface area contributed by atoms with Gasteiger partial charge in [-0.15, -0.1) is 0 Å². The molecule has 0 aromatic heterocycles. The van der Waals surface area contributed by atoms with Crippen LogP contribution in [0.15, 0.2) is 70.7 Å². The SMILES string of the molecule is CCOc1cc(/C=C2\C(=O)NC(=O)N(c3ccccc3)C2=O)cc(Br)c1OCc1ccc(C)c(C)c1. The molecule has 1 fully saturated rings. The number of amides is 4. The molecule has 1 saturated heterocycles. The molecule has 1 heterocycles. The van der Waals surface area contributed by atoms with Crippen LogP contribution in [0.5, 0.6) is 11.5 Å². The number of imide groups is 2. The van der Waals surface area contributed by atoms with Crippen molar-refractivity contribution in [3.63, 3.8) is 0 Å². The number of nitrogens with zero attached hydrogens (tertiary/aromatic N) is 1. The van der Waals surface area contributed by atoms with E-state index in [1.54, 1.807) is 42.5 Å². The summed E-state index contributed by atoms with van der Waals surface area (Å²) in [5.41, 5.74) is 4.14. The van der Waals surface area contributed by atoms with Crippen molar-refractivity contribution >= 4 is 45.5 Å². The zero-order chi connectivity index (χ0) is 25.8. The van der Waals surface area contributed by atoms with E-state index in [1.165, 1.54) is 17.2 Å². The van der Waals surface area contributed by atoms with E-state index in [0.717, 1.165) is 10.5 Å². The van der Waals surface area contributed by atoms with Crippen LogP contribution >= 0.6 is 15.9 Å². The summed E-state index contributed by atoms with van der Waals surface area (Å²) in [7, 11) is 0. The minimum atomic E-state index is -0.792. The molecule has 36 heavy (non-hydrogen) atoms. The summed E-state index contributed by atoms with van der Waals surface area (Å²) < 4.78 is 12.5. The third-order valence-corrected chi connectivity index (χ3v) is 6.30. The summed E-state index contributed by atoms with van der Waals surface area (Å²) in [6.45, 7) is 6.70. The number of urea groups is 1. The van der Waals surface area contributed by atoms with Crippen molar-refractivity contribution in [1.82, 2.24) is 5.32 Å². The minimum Gasteiger partial charge on any atom is -0.490 e. The molecular weight excluding hydrogens is 524 g/mol. The molecule has 1 aliphatic rings. The summed E-state index contributed by atoms with van der Waals surface area (Å²) in [6.07, 6.45) is 1.43. The van der Waals surface area contributed by atoms with Crippen molar-refractivity contribution < 1.29 is 23.9 Å². The largest absolute Gasteiger partial charge is 0.490 e. The lowest BCUT2D eigenvalue weighted by molar-refractivity contribution is -0.122. The molecule has 1 N–H and O–H groups in total. The van der Waals surface area contributed by atoms with E-state index < -0.39 is 17.8 Å². The Hall–Kier alpha value is -3.91. The maximum absolute atomic E-state index is 13.1. The van der Waals surface area contributed by atoms with Gasteiger partial charge < -0.3 is 9.47 Å². The zero-order valence-electron chi connectivity index (χ0n) is 20.1. The normalized spacial score (nSPS) is 14.7. The van der Waals surface area contributed by atoms with Gasteiger partial charge in [0.05, 0.1) is 16.8 Å². The molecule has 3 aromatic carbocycles. The van der Waals surface area contributed by atoms with E-state index >= 15 is 0 Å². The van der Waals surface area contributed by atoms with Gasteiger partial charge in [-0.3, -0.25) is 14.9 Å². The number of halogens is 1. The Kier molecular flexibility index (Phi) is 7.55. The smallest absolute Gasteiger partial charge is 0.335 e. The van der Waals surface area contributed by atoms with E-state index in [-0.39, 0.29) is 5.57 Å². The molecule has 3 aromatic rings. The van der Waals surface area contributed by atoms with Crippen molar-refractivity contribution in [2.75, 3.05) is 11.5 Å². The fourth-order valence-corrected chi connectivity index (χ4v) is 4.33. The summed E-state index contributed by atoms with van der Waals surface area (Å²) in [5, 5.41) is 2.23. The Morgan fingerprint density at radius 3 is 2.39 bits per heavy atom. The second-order valence-electron chi connectivity index (χ2n) is 8.26. The molecule has 8 heteroatoms. The van der Waals surface area contributed by atoms with Crippen molar-refractivity contribution in [3.05, 3.63) is 93.0 Å². The third-order valence-electron chi connectivity index (χ3n) is 5.71. The number of carbonyl (C=O) groups is 3. The van der Waals surface area contributed by atoms with E-state index in [2.05, 4.69) is 47.2 Å². The number of ether oxygens (including phenoxy) is 2. The van der Waals surface area contributed by atoms with Crippen molar-refractivity contribution in [2.45, 2.75) is 27.4 Å². The maximum atomic E-state index is 13.1. The Labute approximate surface area is 217 Å². The Balaban J connectivity index is 1.65. The zero-order valence-corrected chi connectivity index (χ0v) is 21.7. The van der Waals surface area contributed by atoms with Gasteiger partial charge in [0.1, 0.15) is 12.2 Å². The van der Waals surface area contributed by atoms with Gasteiger partial charge in [-0.05, 0) is 89.3 Å². The molecule has 0 bridgehead atoms. The van der Waals surface area contributed by atoms with Crippen LogP contribution in [0.4, 0.5) is 10.5 Å². The second kappa shape index (κ2) is 10.8. The van der Waals surface area contributed by atoms with Gasteiger partial charge in [-0.2, -0.15) is 0 Å². The summed E-state index contributed by atoms with van der Waals surface area (Å²) >= 11 is 3.54. The Bertz CT molecular complexity index is 1370. The van der Waals surface area contributed by atoms with Crippen molar-refractivity contribution in [1.29, 1.82) is 0 Å². The highest BCUT2D eigenvalue weighted by Crippen LogP contribution is 2.38. The van der Waals surface area contributed by atoms with E-state index in [4.69, 9.17) is 9.47 Å². The van der Waals surface area contributed by atoms with E-state index in [9.17, 15) is 14.4 Å². The summed E-state index contributed by atoms with van der Waals surface area (Å²) in [6, 6.07) is 17.2. The van der Waals surface area contributed by atoms with Gasteiger partial charge in [0, 0.05) is 0 Å². The van der Waals surface area contributed by atoms with Gasteiger partial charge in [-0.1, -0.05) is 36.4 Å². The number of hydrogen-bond acceptors (Lipinski definition) is 5.